The van der Waals surface area contributed by atoms with Crippen molar-refractivity contribution in [3.63, 3.8) is 0 Å². The molecule has 0 aromatic heterocycles. The zero-order chi connectivity index (χ0) is 26.4. The molecule has 0 fully saturated rings. The first-order chi connectivity index (χ1) is 14.7. The van der Waals surface area contributed by atoms with Gasteiger partial charge in [-0.15, -0.1) is 0 Å². The van der Waals surface area contributed by atoms with Crippen LogP contribution >= 0.6 is 0 Å². The molecule has 0 aliphatic heterocycles. The second-order valence-corrected chi connectivity index (χ2v) is 21.2. The third-order valence-corrected chi connectivity index (χ3v) is 16.2. The van der Waals surface area contributed by atoms with E-state index in [0.29, 0.717) is 18.6 Å². The first-order valence-electron chi connectivity index (χ1n) is 11.4. The van der Waals surface area contributed by atoms with Gasteiger partial charge in [-0.1, -0.05) is 53.7 Å². The van der Waals surface area contributed by atoms with Crippen molar-refractivity contribution in [1.82, 2.24) is 9.96 Å². The summed E-state index contributed by atoms with van der Waals surface area (Å²) in [4.78, 5) is 30.7. The molecule has 0 aromatic carbocycles. The summed E-state index contributed by atoms with van der Waals surface area (Å²) in [6.45, 7) is 25.9. The smallest absolute Gasteiger partial charge is 0.408 e. The van der Waals surface area contributed by atoms with E-state index in [-0.39, 0.29) is 23.2 Å². The molecule has 1 N–H and O–H groups in total. The fourth-order valence-electron chi connectivity index (χ4n) is 2.41. The summed E-state index contributed by atoms with van der Waals surface area (Å²) >= 11 is 0. The van der Waals surface area contributed by atoms with Crippen LogP contribution in [0.5, 0.6) is 0 Å². The van der Waals surface area contributed by atoms with Gasteiger partial charge in [0.2, 0.25) is 0 Å². The van der Waals surface area contributed by atoms with E-state index in [1.54, 1.807) is 0 Å². The Bertz CT molecular complexity index is 683. The summed E-state index contributed by atoms with van der Waals surface area (Å²) in [6.07, 6.45) is -0.723. The van der Waals surface area contributed by atoms with Gasteiger partial charge in [0.15, 0.2) is 16.6 Å². The first kappa shape index (κ1) is 31.8. The van der Waals surface area contributed by atoms with Gasteiger partial charge < -0.3 is 14.0 Å². The van der Waals surface area contributed by atoms with E-state index >= 15 is 0 Å². The van der Waals surface area contributed by atoms with E-state index in [2.05, 4.69) is 74.3 Å². The molecule has 1 unspecified atom stereocenters. The molecule has 0 radical (unpaired) electrons. The molecule has 0 aliphatic carbocycles. The van der Waals surface area contributed by atoms with E-state index < -0.39 is 34.7 Å². The Balaban J connectivity index is 5.72. The fraction of sp³-hybridized carbons (Fsp3) is 0.826. The second kappa shape index (κ2) is 12.0. The highest BCUT2D eigenvalue weighted by Gasteiger charge is 2.40. The molecule has 0 rings (SSSR count). The molecule has 0 spiro atoms. The molecule has 1 atom stereocenters. The zero-order valence-electron chi connectivity index (χ0n) is 23.0. The van der Waals surface area contributed by atoms with E-state index in [1.807, 2.05) is 0 Å². The molecule has 0 bridgehead atoms. The standard InChI is InChI=1S/C23H48N2O6Si2/c1-18(14-15-30-32(10,11)22(2,3)4)19(17-31-33(12,13)23(5,6)7)25(21(27)28)16-20(26)24(8)29-9/h19H,1,14-17H2,2-13H3,(H,27,28). The highest BCUT2D eigenvalue weighted by atomic mass is 28.4. The summed E-state index contributed by atoms with van der Waals surface area (Å²) in [6, 6.07) is -0.672. The van der Waals surface area contributed by atoms with Gasteiger partial charge in [-0.2, -0.15) is 0 Å². The Morgan fingerprint density at radius 1 is 0.970 bits per heavy atom. The predicted octanol–water partition coefficient (Wildman–Crippen LogP) is 5.34. The van der Waals surface area contributed by atoms with Crippen LogP contribution in [0.3, 0.4) is 0 Å². The Morgan fingerprint density at radius 3 is 1.82 bits per heavy atom. The summed E-state index contributed by atoms with van der Waals surface area (Å²) in [7, 11) is -1.29. The van der Waals surface area contributed by atoms with Crippen LogP contribution in [0.2, 0.25) is 36.3 Å². The number of nitrogens with zero attached hydrogens (tertiary/aromatic N) is 2. The van der Waals surface area contributed by atoms with Gasteiger partial charge >= 0.3 is 6.09 Å². The molecule has 0 aromatic rings. The minimum Gasteiger partial charge on any atom is -0.465 e. The van der Waals surface area contributed by atoms with Gasteiger partial charge in [0.1, 0.15) is 6.54 Å². The van der Waals surface area contributed by atoms with Gasteiger partial charge in [-0.25, -0.2) is 9.86 Å². The quantitative estimate of drug-likeness (QED) is 0.219. The molecule has 0 saturated heterocycles. The molecular weight excluding hydrogens is 456 g/mol. The van der Waals surface area contributed by atoms with Gasteiger partial charge in [-0.3, -0.25) is 14.5 Å². The zero-order valence-corrected chi connectivity index (χ0v) is 25.0. The fourth-order valence-corrected chi connectivity index (χ4v) is 4.46. The van der Waals surface area contributed by atoms with Crippen molar-refractivity contribution in [3.05, 3.63) is 12.2 Å². The Hall–Kier alpha value is -1.21. The minimum atomic E-state index is -2.15. The SMILES string of the molecule is C=C(CCO[Si](C)(C)C(C)(C)C)C(CO[Si](C)(C)C(C)(C)C)N(CC(=O)N(C)OC)C(=O)O. The lowest BCUT2D eigenvalue weighted by atomic mass is 10.1. The Labute approximate surface area is 203 Å². The average molecular weight is 505 g/mol. The summed E-state index contributed by atoms with van der Waals surface area (Å²) in [5.41, 5.74) is 0.669. The van der Waals surface area contributed by atoms with Crippen molar-refractivity contribution in [2.24, 2.45) is 0 Å². The van der Waals surface area contributed by atoms with Gasteiger partial charge in [0.05, 0.1) is 19.8 Å². The summed E-state index contributed by atoms with van der Waals surface area (Å²) in [5.74, 6) is -0.470. The molecule has 0 heterocycles. The maximum Gasteiger partial charge on any atom is 0.408 e. The third kappa shape index (κ3) is 9.52. The first-order valence-corrected chi connectivity index (χ1v) is 17.3. The molecular formula is C23H48N2O6Si2. The van der Waals surface area contributed by atoms with Gasteiger partial charge in [0.25, 0.3) is 5.91 Å². The number of hydroxylamine groups is 2. The van der Waals surface area contributed by atoms with E-state index in [9.17, 15) is 14.7 Å². The summed E-state index contributed by atoms with van der Waals surface area (Å²) < 4.78 is 12.6. The van der Waals surface area contributed by atoms with Crippen LogP contribution in [-0.4, -0.2) is 83.7 Å². The number of likely N-dealkylation sites (N-methyl/N-ethyl adjacent to an activating group) is 1. The molecule has 33 heavy (non-hydrogen) atoms. The van der Waals surface area contributed by atoms with Gasteiger partial charge in [-0.05, 0) is 42.7 Å². The number of amides is 2. The number of carbonyl (C=O) groups is 2. The van der Waals surface area contributed by atoms with Crippen LogP contribution < -0.4 is 0 Å². The van der Waals surface area contributed by atoms with E-state index in [1.165, 1.54) is 14.2 Å². The normalized spacial score (nSPS) is 14.1. The van der Waals surface area contributed by atoms with Crippen molar-refractivity contribution in [3.8, 4) is 0 Å². The highest BCUT2D eigenvalue weighted by Crippen LogP contribution is 2.38. The van der Waals surface area contributed by atoms with Crippen LogP contribution in [-0.2, 0) is 18.5 Å². The van der Waals surface area contributed by atoms with Crippen LogP contribution in [0, 0.1) is 0 Å². The molecule has 0 aliphatic rings. The van der Waals surface area contributed by atoms with Crippen molar-refractivity contribution >= 4 is 28.6 Å². The number of carboxylic acid groups (broad SMARTS) is 1. The molecule has 10 heteroatoms. The minimum absolute atomic E-state index is 0.0372. The largest absolute Gasteiger partial charge is 0.465 e. The van der Waals surface area contributed by atoms with Crippen LogP contribution in [0.1, 0.15) is 48.0 Å². The molecule has 0 saturated carbocycles. The van der Waals surface area contributed by atoms with E-state index in [4.69, 9.17) is 13.7 Å². The Morgan fingerprint density at radius 2 is 1.42 bits per heavy atom. The molecule has 8 nitrogen and oxygen atoms in total. The number of rotatable bonds is 12. The van der Waals surface area contributed by atoms with Crippen molar-refractivity contribution < 1.29 is 28.4 Å². The number of hydrogen-bond acceptors (Lipinski definition) is 5. The number of hydrogen-bond donors (Lipinski definition) is 1. The van der Waals surface area contributed by atoms with Crippen LogP contribution in [0.4, 0.5) is 4.79 Å². The van der Waals surface area contributed by atoms with Crippen molar-refractivity contribution in [1.29, 1.82) is 0 Å². The molecule has 2 amide bonds. The maximum absolute atomic E-state index is 12.4. The molecule has 194 valence electrons. The van der Waals surface area contributed by atoms with Crippen LogP contribution in [0.25, 0.3) is 0 Å². The van der Waals surface area contributed by atoms with E-state index in [0.717, 1.165) is 9.96 Å². The third-order valence-electron chi connectivity index (χ3n) is 7.12. The lowest BCUT2D eigenvalue weighted by Crippen LogP contribution is -2.51. The topological polar surface area (TPSA) is 88.5 Å². The van der Waals surface area contributed by atoms with Crippen molar-refractivity contribution in [2.75, 3.05) is 33.9 Å². The average Bonchev–Trinajstić information content (AvgIpc) is 2.64. The lowest BCUT2D eigenvalue weighted by Gasteiger charge is -2.40. The van der Waals surface area contributed by atoms with Gasteiger partial charge in [0, 0.05) is 13.7 Å². The van der Waals surface area contributed by atoms with Crippen LogP contribution in [0.15, 0.2) is 12.2 Å². The Kier molecular flexibility index (Phi) is 11.5. The predicted molar refractivity (Wildman–Crippen MR) is 138 cm³/mol. The summed E-state index contributed by atoms with van der Waals surface area (Å²) in [5, 5.41) is 11.0. The number of carbonyl (C=O) groups excluding carboxylic acids is 1. The van der Waals surface area contributed by atoms with Crippen molar-refractivity contribution in [2.45, 2.75) is 90.3 Å². The highest BCUT2D eigenvalue weighted by molar-refractivity contribution is 6.74. The lowest BCUT2D eigenvalue weighted by molar-refractivity contribution is -0.169. The monoisotopic (exact) mass is 504 g/mol. The second-order valence-electron chi connectivity index (χ2n) is 11.6. The maximum atomic E-state index is 12.4.